The first kappa shape index (κ1) is 8.60. The fraction of sp³-hybridized carbons (Fsp3) is 0. The molecule has 0 radical (unpaired) electrons. The molecule has 0 aliphatic carbocycles. The molecule has 0 amide bonds. The summed E-state index contributed by atoms with van der Waals surface area (Å²) in [6.45, 7) is 0. The van der Waals surface area contributed by atoms with Crippen LogP contribution >= 0.6 is 23.2 Å². The van der Waals surface area contributed by atoms with Crippen molar-refractivity contribution < 1.29 is 0 Å². The highest BCUT2D eigenvalue weighted by molar-refractivity contribution is 6.36. The van der Waals surface area contributed by atoms with Gasteiger partial charge in [-0.25, -0.2) is 4.98 Å². The number of pyridine rings is 1. The summed E-state index contributed by atoms with van der Waals surface area (Å²) in [4.78, 5) is 3.92. The first-order chi connectivity index (χ1) is 6.18. The van der Waals surface area contributed by atoms with Gasteiger partial charge >= 0.3 is 0 Å². The first-order valence-electron chi connectivity index (χ1n) is 3.69. The molecule has 66 valence electrons. The highest BCUT2D eigenvalue weighted by Crippen LogP contribution is 2.28. The topological polar surface area (TPSA) is 38.9 Å². The SMILES string of the molecule is Nc1cccc2c(Cl)nc(Cl)cc12. The zero-order chi connectivity index (χ0) is 9.42. The number of hydrogen-bond acceptors (Lipinski definition) is 2. The molecule has 4 heteroatoms. The molecule has 1 heterocycles. The van der Waals surface area contributed by atoms with Crippen LogP contribution in [0.15, 0.2) is 24.3 Å². The fourth-order valence-electron chi connectivity index (χ4n) is 1.23. The van der Waals surface area contributed by atoms with Gasteiger partial charge in [-0.05, 0) is 12.1 Å². The Labute approximate surface area is 85.3 Å². The lowest BCUT2D eigenvalue weighted by atomic mass is 10.1. The van der Waals surface area contributed by atoms with Gasteiger partial charge in [0.1, 0.15) is 10.3 Å². The van der Waals surface area contributed by atoms with Crippen molar-refractivity contribution in [2.24, 2.45) is 0 Å². The molecule has 0 aliphatic rings. The van der Waals surface area contributed by atoms with Gasteiger partial charge in [-0.15, -0.1) is 0 Å². The van der Waals surface area contributed by atoms with E-state index in [1.165, 1.54) is 0 Å². The minimum atomic E-state index is 0.357. The number of nitrogens with zero attached hydrogens (tertiary/aromatic N) is 1. The minimum Gasteiger partial charge on any atom is -0.398 e. The van der Waals surface area contributed by atoms with Crippen LogP contribution in [0.4, 0.5) is 5.69 Å². The third-order valence-electron chi connectivity index (χ3n) is 1.83. The maximum absolute atomic E-state index is 5.88. The lowest BCUT2D eigenvalue weighted by Gasteiger charge is -2.03. The molecule has 1 aromatic carbocycles. The molecule has 0 bridgehead atoms. The van der Waals surface area contributed by atoms with Crippen molar-refractivity contribution in [2.45, 2.75) is 0 Å². The molecule has 0 spiro atoms. The molecule has 0 aliphatic heterocycles. The Bertz CT molecular complexity index is 468. The normalized spacial score (nSPS) is 10.6. The molecule has 0 saturated heterocycles. The molecule has 0 fully saturated rings. The van der Waals surface area contributed by atoms with Crippen molar-refractivity contribution in [3.8, 4) is 0 Å². The molecule has 13 heavy (non-hydrogen) atoms. The molecular weight excluding hydrogens is 207 g/mol. The lowest BCUT2D eigenvalue weighted by Crippen LogP contribution is -1.88. The van der Waals surface area contributed by atoms with Crippen molar-refractivity contribution in [1.29, 1.82) is 0 Å². The second kappa shape index (κ2) is 3.05. The summed E-state index contributed by atoms with van der Waals surface area (Å²) >= 11 is 11.6. The number of fused-ring (bicyclic) bond motifs is 1. The summed E-state index contributed by atoms with van der Waals surface area (Å²) < 4.78 is 0. The van der Waals surface area contributed by atoms with Gasteiger partial charge in [0.05, 0.1) is 0 Å². The zero-order valence-corrected chi connectivity index (χ0v) is 8.10. The van der Waals surface area contributed by atoms with Crippen molar-refractivity contribution in [3.63, 3.8) is 0 Å². The molecule has 2 rings (SSSR count). The number of hydrogen-bond donors (Lipinski definition) is 1. The van der Waals surface area contributed by atoms with E-state index in [4.69, 9.17) is 28.9 Å². The van der Waals surface area contributed by atoms with E-state index in [1.807, 2.05) is 12.1 Å². The van der Waals surface area contributed by atoms with Crippen LogP contribution in [0.3, 0.4) is 0 Å². The van der Waals surface area contributed by atoms with Crippen molar-refractivity contribution in [2.75, 3.05) is 5.73 Å². The van der Waals surface area contributed by atoms with Crippen LogP contribution in [0, 0.1) is 0 Å². The van der Waals surface area contributed by atoms with Crippen LogP contribution in [0.5, 0.6) is 0 Å². The second-order valence-electron chi connectivity index (χ2n) is 2.68. The van der Waals surface area contributed by atoms with Crippen LogP contribution in [0.2, 0.25) is 10.3 Å². The Morgan fingerprint density at radius 3 is 2.69 bits per heavy atom. The predicted molar refractivity (Wildman–Crippen MR) is 56.2 cm³/mol. The van der Waals surface area contributed by atoms with E-state index in [-0.39, 0.29) is 0 Å². The van der Waals surface area contributed by atoms with Gasteiger partial charge in [-0.2, -0.15) is 0 Å². The maximum Gasteiger partial charge on any atom is 0.138 e. The first-order valence-corrected chi connectivity index (χ1v) is 4.44. The van der Waals surface area contributed by atoms with E-state index >= 15 is 0 Å². The van der Waals surface area contributed by atoms with Gasteiger partial charge < -0.3 is 5.73 Å². The van der Waals surface area contributed by atoms with Gasteiger partial charge in [0.2, 0.25) is 0 Å². The van der Waals surface area contributed by atoms with Crippen LogP contribution in [-0.2, 0) is 0 Å². The van der Waals surface area contributed by atoms with Crippen LogP contribution in [-0.4, -0.2) is 4.98 Å². The molecule has 2 aromatic rings. The summed E-state index contributed by atoms with van der Waals surface area (Å²) in [5, 5.41) is 2.41. The Morgan fingerprint density at radius 1 is 1.15 bits per heavy atom. The molecule has 0 saturated carbocycles. The Hall–Kier alpha value is -0.990. The third-order valence-corrected chi connectivity index (χ3v) is 2.31. The molecular formula is C9H6Cl2N2. The largest absolute Gasteiger partial charge is 0.398 e. The number of rotatable bonds is 0. The zero-order valence-electron chi connectivity index (χ0n) is 6.59. The van der Waals surface area contributed by atoms with Gasteiger partial charge in [0.25, 0.3) is 0 Å². The van der Waals surface area contributed by atoms with E-state index in [2.05, 4.69) is 4.98 Å². The fourth-order valence-corrected chi connectivity index (χ4v) is 1.72. The van der Waals surface area contributed by atoms with Crippen molar-refractivity contribution in [3.05, 3.63) is 34.6 Å². The van der Waals surface area contributed by atoms with Gasteiger partial charge in [0.15, 0.2) is 0 Å². The van der Waals surface area contributed by atoms with Crippen molar-refractivity contribution in [1.82, 2.24) is 4.98 Å². The highest BCUT2D eigenvalue weighted by Gasteiger charge is 2.04. The number of aromatic nitrogens is 1. The van der Waals surface area contributed by atoms with E-state index in [1.54, 1.807) is 12.1 Å². The summed E-state index contributed by atoms with van der Waals surface area (Å²) in [7, 11) is 0. The number of nitrogen functional groups attached to an aromatic ring is 1. The smallest absolute Gasteiger partial charge is 0.138 e. The maximum atomic E-state index is 5.88. The molecule has 2 N–H and O–H groups in total. The number of halogens is 2. The standard InChI is InChI=1S/C9H6Cl2N2/c10-8-4-6-5(9(11)13-8)2-1-3-7(6)12/h1-4H,12H2. The van der Waals surface area contributed by atoms with E-state index in [0.717, 1.165) is 10.8 Å². The van der Waals surface area contributed by atoms with E-state index < -0.39 is 0 Å². The number of nitrogens with two attached hydrogens (primary N) is 1. The summed E-state index contributed by atoms with van der Waals surface area (Å²) in [5.74, 6) is 0. The Balaban J connectivity index is 2.94. The van der Waals surface area contributed by atoms with Crippen LogP contribution < -0.4 is 5.73 Å². The van der Waals surface area contributed by atoms with E-state index in [9.17, 15) is 0 Å². The van der Waals surface area contributed by atoms with Gasteiger partial charge in [0, 0.05) is 16.5 Å². The number of benzene rings is 1. The van der Waals surface area contributed by atoms with E-state index in [0.29, 0.717) is 16.0 Å². The van der Waals surface area contributed by atoms with Gasteiger partial charge in [-0.3, -0.25) is 0 Å². The van der Waals surface area contributed by atoms with Crippen molar-refractivity contribution >= 4 is 39.7 Å². The predicted octanol–water partition coefficient (Wildman–Crippen LogP) is 3.12. The third kappa shape index (κ3) is 1.43. The highest BCUT2D eigenvalue weighted by atomic mass is 35.5. The Kier molecular flexibility index (Phi) is 2.02. The molecule has 0 atom stereocenters. The quantitative estimate of drug-likeness (QED) is 0.539. The average Bonchev–Trinajstić information content (AvgIpc) is 2.07. The second-order valence-corrected chi connectivity index (χ2v) is 3.42. The molecule has 1 aromatic heterocycles. The average molecular weight is 213 g/mol. The van der Waals surface area contributed by atoms with Crippen LogP contribution in [0.25, 0.3) is 10.8 Å². The summed E-state index contributed by atoms with van der Waals surface area (Å²) in [6.07, 6.45) is 0. The summed E-state index contributed by atoms with van der Waals surface area (Å²) in [6, 6.07) is 7.20. The number of anilines is 1. The Morgan fingerprint density at radius 2 is 1.92 bits per heavy atom. The lowest BCUT2D eigenvalue weighted by molar-refractivity contribution is 1.36. The monoisotopic (exact) mass is 212 g/mol. The van der Waals surface area contributed by atoms with Crippen LogP contribution in [0.1, 0.15) is 0 Å². The molecule has 2 nitrogen and oxygen atoms in total. The van der Waals surface area contributed by atoms with Gasteiger partial charge in [-0.1, -0.05) is 35.3 Å². The molecule has 0 unspecified atom stereocenters. The minimum absolute atomic E-state index is 0.357. The summed E-state index contributed by atoms with van der Waals surface area (Å²) in [5.41, 5.74) is 6.41.